The van der Waals surface area contributed by atoms with Crippen molar-refractivity contribution in [3.05, 3.63) is 6.54 Å². The van der Waals surface area contributed by atoms with Crippen LogP contribution in [0.3, 0.4) is 0 Å². The summed E-state index contributed by atoms with van der Waals surface area (Å²) >= 11 is -0.817. The van der Waals surface area contributed by atoms with E-state index in [4.69, 9.17) is 0 Å². The zero-order valence-corrected chi connectivity index (χ0v) is 5.74. The van der Waals surface area contributed by atoms with Crippen molar-refractivity contribution in [1.82, 2.24) is 5.32 Å². The fraction of sp³-hybridized carbons (Fsp3) is 0.600. The third kappa shape index (κ3) is 2.24. The average Bonchev–Trinajstić information content (AvgIpc) is 1.97. The summed E-state index contributed by atoms with van der Waals surface area (Å²) in [6.07, 6.45) is 0.392. The van der Waals surface area contributed by atoms with Gasteiger partial charge in [-0.25, -0.2) is 0 Å². The largest absolute Gasteiger partial charge is 0.616 e. The second-order valence-electron chi connectivity index (χ2n) is 1.83. The van der Waals surface area contributed by atoms with Gasteiger partial charge in [0.15, 0.2) is 0 Å². The summed E-state index contributed by atoms with van der Waals surface area (Å²) in [4.78, 5) is 10.6. The van der Waals surface area contributed by atoms with Crippen LogP contribution in [0.2, 0.25) is 0 Å². The van der Waals surface area contributed by atoms with Crippen LogP contribution in [0.1, 0.15) is 6.42 Å². The highest BCUT2D eigenvalue weighted by Crippen LogP contribution is 1.99. The fourth-order valence-corrected chi connectivity index (χ4v) is 1.46. The summed E-state index contributed by atoms with van der Waals surface area (Å²) in [7, 11) is 0. The first kappa shape index (κ1) is 6.89. The monoisotopic (exact) mass is 146 g/mol. The average molecular weight is 146 g/mol. The molecule has 1 unspecified atom stereocenters. The summed E-state index contributed by atoms with van der Waals surface area (Å²) in [5.74, 6) is 0.967. The summed E-state index contributed by atoms with van der Waals surface area (Å²) in [6.45, 7) is 1.56. The Morgan fingerprint density at radius 2 is 2.56 bits per heavy atom. The Kier molecular flexibility index (Phi) is 2.36. The Hall–Kier alpha value is -0.220. The van der Waals surface area contributed by atoms with E-state index in [1.807, 2.05) is 0 Å². The Balaban J connectivity index is 2.34. The SMILES string of the molecule is O=C1CC[S+]([O-])C[CH]N1. The molecule has 0 spiro atoms. The molecule has 1 rings (SSSR count). The molecule has 0 bridgehead atoms. The molecule has 1 saturated heterocycles. The zero-order valence-electron chi connectivity index (χ0n) is 4.92. The number of rotatable bonds is 0. The molecule has 0 aromatic rings. The molecular formula is C5H8NO2S. The van der Waals surface area contributed by atoms with E-state index in [0.29, 0.717) is 17.9 Å². The molecule has 1 fully saturated rings. The van der Waals surface area contributed by atoms with E-state index in [1.54, 1.807) is 6.54 Å². The highest BCUT2D eigenvalue weighted by atomic mass is 32.2. The molecule has 1 atom stereocenters. The molecule has 1 aliphatic heterocycles. The van der Waals surface area contributed by atoms with Crippen LogP contribution < -0.4 is 5.32 Å². The number of amides is 1. The van der Waals surface area contributed by atoms with Gasteiger partial charge in [0.1, 0.15) is 11.5 Å². The molecule has 0 aromatic heterocycles. The van der Waals surface area contributed by atoms with Crippen LogP contribution in [-0.2, 0) is 16.0 Å². The number of carbonyl (C=O) groups is 1. The van der Waals surface area contributed by atoms with Crippen LogP contribution in [0.25, 0.3) is 0 Å². The van der Waals surface area contributed by atoms with Gasteiger partial charge in [0.05, 0.1) is 13.0 Å². The standard InChI is InChI=1S/C5H8NO2S/c7-5-1-3-9(8)4-2-6-5/h2H,1,3-4H2,(H,6,7). The number of hydrogen-bond acceptors (Lipinski definition) is 2. The van der Waals surface area contributed by atoms with Gasteiger partial charge in [-0.1, -0.05) is 11.2 Å². The molecule has 51 valence electrons. The highest BCUT2D eigenvalue weighted by Gasteiger charge is 2.14. The van der Waals surface area contributed by atoms with Crippen LogP contribution in [0.15, 0.2) is 0 Å². The molecule has 1 aliphatic rings. The zero-order chi connectivity index (χ0) is 6.69. The van der Waals surface area contributed by atoms with Crippen molar-refractivity contribution in [2.45, 2.75) is 6.42 Å². The minimum atomic E-state index is -0.817. The van der Waals surface area contributed by atoms with Gasteiger partial charge in [-0.15, -0.1) is 0 Å². The summed E-state index contributed by atoms with van der Waals surface area (Å²) in [5, 5.41) is 2.52. The van der Waals surface area contributed by atoms with Crippen molar-refractivity contribution in [2.24, 2.45) is 0 Å². The molecule has 3 nitrogen and oxygen atoms in total. The van der Waals surface area contributed by atoms with E-state index in [2.05, 4.69) is 5.32 Å². The third-order valence-corrected chi connectivity index (χ3v) is 2.29. The van der Waals surface area contributed by atoms with Gasteiger partial charge < -0.3 is 9.87 Å². The Morgan fingerprint density at radius 3 is 3.33 bits per heavy atom. The first-order valence-corrected chi connectivity index (χ1v) is 4.24. The summed E-state index contributed by atoms with van der Waals surface area (Å²) < 4.78 is 10.7. The Labute approximate surface area is 57.0 Å². The van der Waals surface area contributed by atoms with Gasteiger partial charge in [-0.3, -0.25) is 4.79 Å². The lowest BCUT2D eigenvalue weighted by atomic mass is 10.4. The van der Waals surface area contributed by atoms with Crippen molar-refractivity contribution in [3.63, 3.8) is 0 Å². The van der Waals surface area contributed by atoms with Crippen LogP contribution in [-0.4, -0.2) is 22.0 Å². The lowest BCUT2D eigenvalue weighted by Gasteiger charge is -2.03. The summed E-state index contributed by atoms with van der Waals surface area (Å²) in [5.41, 5.74) is 0. The van der Waals surface area contributed by atoms with Crippen LogP contribution in [0.5, 0.6) is 0 Å². The van der Waals surface area contributed by atoms with Crippen molar-refractivity contribution >= 4 is 17.1 Å². The van der Waals surface area contributed by atoms with Gasteiger partial charge in [0, 0.05) is 0 Å². The molecule has 1 radical (unpaired) electrons. The highest BCUT2D eigenvalue weighted by molar-refractivity contribution is 7.91. The lowest BCUT2D eigenvalue weighted by Crippen LogP contribution is -2.18. The van der Waals surface area contributed by atoms with E-state index >= 15 is 0 Å². The Bertz CT molecular complexity index is 118. The maximum atomic E-state index is 10.7. The van der Waals surface area contributed by atoms with Crippen molar-refractivity contribution in [2.75, 3.05) is 11.5 Å². The minimum Gasteiger partial charge on any atom is -0.616 e. The molecule has 1 heterocycles. The fourth-order valence-electron chi connectivity index (χ4n) is 0.610. The predicted octanol–water partition coefficient (Wildman–Crippen LogP) is -0.583. The second-order valence-corrected chi connectivity index (χ2v) is 3.45. The van der Waals surface area contributed by atoms with Crippen LogP contribution in [0.4, 0.5) is 0 Å². The first-order valence-electron chi connectivity index (χ1n) is 2.75. The van der Waals surface area contributed by atoms with Gasteiger partial charge in [0.2, 0.25) is 5.91 Å². The van der Waals surface area contributed by atoms with E-state index in [9.17, 15) is 9.35 Å². The quantitative estimate of drug-likeness (QED) is 0.465. The van der Waals surface area contributed by atoms with Gasteiger partial charge in [0.25, 0.3) is 0 Å². The number of hydrogen-bond donors (Lipinski definition) is 1. The molecule has 0 aliphatic carbocycles. The first-order chi connectivity index (χ1) is 4.29. The van der Waals surface area contributed by atoms with Crippen molar-refractivity contribution in [1.29, 1.82) is 0 Å². The second kappa shape index (κ2) is 3.08. The van der Waals surface area contributed by atoms with E-state index in [1.165, 1.54) is 0 Å². The third-order valence-electron chi connectivity index (χ3n) is 1.09. The number of carbonyl (C=O) groups excluding carboxylic acids is 1. The molecule has 1 amide bonds. The van der Waals surface area contributed by atoms with E-state index < -0.39 is 11.2 Å². The topological polar surface area (TPSA) is 52.2 Å². The van der Waals surface area contributed by atoms with E-state index in [-0.39, 0.29) is 5.91 Å². The van der Waals surface area contributed by atoms with Gasteiger partial charge >= 0.3 is 0 Å². The molecule has 0 aromatic carbocycles. The smallest absolute Gasteiger partial charge is 0.225 e. The maximum Gasteiger partial charge on any atom is 0.225 e. The van der Waals surface area contributed by atoms with Crippen LogP contribution in [0, 0.1) is 6.54 Å². The predicted molar refractivity (Wildman–Crippen MR) is 34.9 cm³/mol. The molecule has 9 heavy (non-hydrogen) atoms. The molecule has 4 heteroatoms. The molecular weight excluding hydrogens is 138 g/mol. The van der Waals surface area contributed by atoms with Gasteiger partial charge in [-0.05, 0) is 0 Å². The maximum absolute atomic E-state index is 10.7. The summed E-state index contributed by atoms with van der Waals surface area (Å²) in [6, 6.07) is 0. The lowest BCUT2D eigenvalue weighted by molar-refractivity contribution is -0.120. The number of nitrogens with one attached hydrogen (secondary N) is 1. The normalized spacial score (nSPS) is 29.0. The molecule has 1 N–H and O–H groups in total. The van der Waals surface area contributed by atoms with Crippen molar-refractivity contribution < 1.29 is 9.35 Å². The van der Waals surface area contributed by atoms with Gasteiger partial charge in [-0.2, -0.15) is 0 Å². The Morgan fingerprint density at radius 1 is 1.78 bits per heavy atom. The molecule has 0 saturated carbocycles. The minimum absolute atomic E-state index is 0.0270. The van der Waals surface area contributed by atoms with Crippen LogP contribution >= 0.6 is 0 Å². The van der Waals surface area contributed by atoms with E-state index in [0.717, 1.165) is 0 Å². The van der Waals surface area contributed by atoms with Crippen molar-refractivity contribution in [3.8, 4) is 0 Å².